The summed E-state index contributed by atoms with van der Waals surface area (Å²) in [6.07, 6.45) is 2.26. The van der Waals surface area contributed by atoms with Gasteiger partial charge in [-0.2, -0.15) is 0 Å². The smallest absolute Gasteiger partial charge is 0.0499 e. The van der Waals surface area contributed by atoms with Crippen LogP contribution in [-0.2, 0) is 0 Å². The van der Waals surface area contributed by atoms with Crippen molar-refractivity contribution in [3.05, 3.63) is 34.9 Å². The van der Waals surface area contributed by atoms with Crippen LogP contribution in [0, 0.1) is 11.8 Å². The molecular weight excluding hydrogens is 268 g/mol. The SMILES string of the molecule is CCC(N)C(c1ccc(Cl)cc1)N1CCC(C)C(C)C1. The average molecular weight is 295 g/mol. The maximum absolute atomic E-state index is 6.42. The number of piperidine rings is 1. The fourth-order valence-corrected chi connectivity index (χ4v) is 3.29. The fourth-order valence-electron chi connectivity index (χ4n) is 3.16. The first-order valence-electron chi connectivity index (χ1n) is 7.78. The molecule has 1 aliphatic rings. The van der Waals surface area contributed by atoms with E-state index < -0.39 is 0 Å². The van der Waals surface area contributed by atoms with Gasteiger partial charge in [0.15, 0.2) is 0 Å². The summed E-state index contributed by atoms with van der Waals surface area (Å²) in [6, 6.07) is 8.70. The predicted octanol–water partition coefficient (Wildman–Crippen LogP) is 4.10. The van der Waals surface area contributed by atoms with E-state index in [1.54, 1.807) is 0 Å². The highest BCUT2D eigenvalue weighted by molar-refractivity contribution is 6.30. The van der Waals surface area contributed by atoms with E-state index in [4.69, 9.17) is 17.3 Å². The number of nitrogens with two attached hydrogens (primary N) is 1. The number of nitrogens with zero attached hydrogens (tertiary/aromatic N) is 1. The molecule has 1 saturated heterocycles. The summed E-state index contributed by atoms with van der Waals surface area (Å²) in [7, 11) is 0. The molecular formula is C17H27ClN2. The summed E-state index contributed by atoms with van der Waals surface area (Å²) in [6.45, 7) is 9.17. The number of benzene rings is 1. The summed E-state index contributed by atoms with van der Waals surface area (Å²) in [5, 5.41) is 0.790. The molecule has 1 aliphatic heterocycles. The highest BCUT2D eigenvalue weighted by atomic mass is 35.5. The first kappa shape index (κ1) is 15.8. The molecule has 2 rings (SSSR count). The molecule has 0 aromatic heterocycles. The van der Waals surface area contributed by atoms with Gasteiger partial charge in [-0.05, 0) is 48.9 Å². The lowest BCUT2D eigenvalue weighted by Gasteiger charge is -2.42. The zero-order valence-corrected chi connectivity index (χ0v) is 13.6. The molecule has 0 bridgehead atoms. The fraction of sp³-hybridized carbons (Fsp3) is 0.647. The van der Waals surface area contributed by atoms with Crippen molar-refractivity contribution in [2.45, 2.75) is 45.7 Å². The van der Waals surface area contributed by atoms with E-state index in [9.17, 15) is 0 Å². The Kier molecular flexibility index (Phi) is 5.48. The quantitative estimate of drug-likeness (QED) is 0.906. The number of likely N-dealkylation sites (tertiary alicyclic amines) is 1. The topological polar surface area (TPSA) is 29.3 Å². The summed E-state index contributed by atoms with van der Waals surface area (Å²) in [5.41, 5.74) is 7.72. The Labute approximate surface area is 128 Å². The first-order valence-corrected chi connectivity index (χ1v) is 8.15. The molecule has 2 N–H and O–H groups in total. The summed E-state index contributed by atoms with van der Waals surface area (Å²) >= 11 is 6.01. The molecule has 1 fully saturated rings. The lowest BCUT2D eigenvalue weighted by Crippen LogP contribution is -2.46. The van der Waals surface area contributed by atoms with Crippen molar-refractivity contribution in [2.24, 2.45) is 17.6 Å². The zero-order valence-electron chi connectivity index (χ0n) is 12.8. The zero-order chi connectivity index (χ0) is 14.7. The van der Waals surface area contributed by atoms with Gasteiger partial charge in [-0.1, -0.05) is 44.5 Å². The highest BCUT2D eigenvalue weighted by Gasteiger charge is 2.31. The van der Waals surface area contributed by atoms with E-state index in [2.05, 4.69) is 37.8 Å². The molecule has 2 nitrogen and oxygen atoms in total. The van der Waals surface area contributed by atoms with Crippen LogP contribution in [0.4, 0.5) is 0 Å². The van der Waals surface area contributed by atoms with Crippen LogP contribution >= 0.6 is 11.6 Å². The third kappa shape index (κ3) is 3.55. The third-order valence-corrected chi connectivity index (χ3v) is 5.10. The standard InChI is InChI=1S/C17H27ClN2/c1-4-16(19)17(14-5-7-15(18)8-6-14)20-10-9-12(2)13(3)11-20/h5-8,12-13,16-17H,4,9-11,19H2,1-3H3. The number of hydrogen-bond acceptors (Lipinski definition) is 2. The van der Waals surface area contributed by atoms with Crippen LogP contribution in [0.15, 0.2) is 24.3 Å². The van der Waals surface area contributed by atoms with Gasteiger partial charge in [0.2, 0.25) is 0 Å². The first-order chi connectivity index (χ1) is 9.52. The van der Waals surface area contributed by atoms with E-state index in [0.29, 0.717) is 6.04 Å². The van der Waals surface area contributed by atoms with Gasteiger partial charge in [0.05, 0.1) is 0 Å². The minimum Gasteiger partial charge on any atom is -0.326 e. The van der Waals surface area contributed by atoms with Crippen LogP contribution in [0.1, 0.15) is 45.2 Å². The third-order valence-electron chi connectivity index (χ3n) is 4.85. The average Bonchev–Trinajstić information content (AvgIpc) is 2.45. The number of hydrogen-bond donors (Lipinski definition) is 1. The Morgan fingerprint density at radius 2 is 1.90 bits per heavy atom. The van der Waals surface area contributed by atoms with Crippen LogP contribution in [0.25, 0.3) is 0 Å². The Morgan fingerprint density at radius 1 is 1.25 bits per heavy atom. The van der Waals surface area contributed by atoms with E-state index in [1.165, 1.54) is 12.0 Å². The molecule has 0 aliphatic carbocycles. The normalized spacial score (nSPS) is 27.2. The molecule has 0 radical (unpaired) electrons. The van der Waals surface area contributed by atoms with Crippen LogP contribution in [-0.4, -0.2) is 24.0 Å². The molecule has 20 heavy (non-hydrogen) atoms. The lowest BCUT2D eigenvalue weighted by molar-refractivity contribution is 0.0816. The molecule has 0 spiro atoms. The van der Waals surface area contributed by atoms with Crippen molar-refractivity contribution in [1.82, 2.24) is 4.90 Å². The van der Waals surface area contributed by atoms with Gasteiger partial charge in [-0.3, -0.25) is 4.90 Å². The van der Waals surface area contributed by atoms with Gasteiger partial charge in [-0.15, -0.1) is 0 Å². The second-order valence-electron chi connectivity index (χ2n) is 6.31. The monoisotopic (exact) mass is 294 g/mol. The van der Waals surface area contributed by atoms with Crippen molar-refractivity contribution in [3.8, 4) is 0 Å². The summed E-state index contributed by atoms with van der Waals surface area (Å²) < 4.78 is 0. The Hall–Kier alpha value is -0.570. The predicted molar refractivity (Wildman–Crippen MR) is 87.0 cm³/mol. The van der Waals surface area contributed by atoms with Crippen molar-refractivity contribution < 1.29 is 0 Å². The van der Waals surface area contributed by atoms with E-state index >= 15 is 0 Å². The molecule has 4 atom stereocenters. The highest BCUT2D eigenvalue weighted by Crippen LogP contribution is 2.32. The lowest BCUT2D eigenvalue weighted by atomic mass is 9.85. The largest absolute Gasteiger partial charge is 0.326 e. The van der Waals surface area contributed by atoms with Crippen molar-refractivity contribution in [2.75, 3.05) is 13.1 Å². The van der Waals surface area contributed by atoms with E-state index in [0.717, 1.165) is 36.4 Å². The van der Waals surface area contributed by atoms with Gasteiger partial charge in [-0.25, -0.2) is 0 Å². The second kappa shape index (κ2) is 6.93. The molecule has 0 amide bonds. The minimum absolute atomic E-state index is 0.178. The van der Waals surface area contributed by atoms with Gasteiger partial charge >= 0.3 is 0 Å². The number of rotatable bonds is 4. The summed E-state index contributed by atoms with van der Waals surface area (Å²) in [5.74, 6) is 1.55. The molecule has 1 heterocycles. The second-order valence-corrected chi connectivity index (χ2v) is 6.74. The molecule has 3 heteroatoms. The van der Waals surface area contributed by atoms with Crippen LogP contribution < -0.4 is 5.73 Å². The van der Waals surface area contributed by atoms with Gasteiger partial charge in [0.1, 0.15) is 0 Å². The van der Waals surface area contributed by atoms with Crippen LogP contribution in [0.3, 0.4) is 0 Å². The maximum atomic E-state index is 6.42. The Morgan fingerprint density at radius 3 is 2.45 bits per heavy atom. The van der Waals surface area contributed by atoms with Gasteiger partial charge in [0, 0.05) is 23.7 Å². The molecule has 112 valence electrons. The molecule has 0 saturated carbocycles. The van der Waals surface area contributed by atoms with E-state index in [1.807, 2.05) is 12.1 Å². The van der Waals surface area contributed by atoms with Gasteiger partial charge < -0.3 is 5.73 Å². The van der Waals surface area contributed by atoms with Crippen molar-refractivity contribution >= 4 is 11.6 Å². The van der Waals surface area contributed by atoms with Crippen molar-refractivity contribution in [3.63, 3.8) is 0 Å². The van der Waals surface area contributed by atoms with Crippen LogP contribution in [0.2, 0.25) is 5.02 Å². The van der Waals surface area contributed by atoms with Gasteiger partial charge in [0.25, 0.3) is 0 Å². The Bertz CT molecular complexity index is 418. The van der Waals surface area contributed by atoms with E-state index in [-0.39, 0.29) is 6.04 Å². The molecule has 1 aromatic carbocycles. The van der Waals surface area contributed by atoms with Crippen molar-refractivity contribution in [1.29, 1.82) is 0 Å². The molecule has 4 unspecified atom stereocenters. The minimum atomic E-state index is 0.178. The molecule has 1 aromatic rings. The van der Waals surface area contributed by atoms with Crippen LogP contribution in [0.5, 0.6) is 0 Å². The summed E-state index contributed by atoms with van der Waals surface area (Å²) in [4.78, 5) is 2.57. The maximum Gasteiger partial charge on any atom is 0.0499 e. The Balaban J connectivity index is 2.21. The number of halogens is 1.